The van der Waals surface area contributed by atoms with Crippen LogP contribution in [0, 0.1) is 0 Å². The Morgan fingerprint density at radius 2 is 2.30 bits per heavy atom. The summed E-state index contributed by atoms with van der Waals surface area (Å²) >= 11 is 0. The molecule has 1 aromatic carbocycles. The SMILES string of the molecule is CO[C@@H]1CN[C@H](C(=O)Nc2cnc3ccccc3c2)C1. The number of para-hydroxylation sites is 1. The van der Waals surface area contributed by atoms with Crippen LogP contribution in [-0.4, -0.2) is 36.7 Å². The van der Waals surface area contributed by atoms with Gasteiger partial charge in [0, 0.05) is 19.0 Å². The Bertz CT molecular complexity index is 629. The molecule has 1 aliphatic heterocycles. The van der Waals surface area contributed by atoms with Crippen LogP contribution in [0.1, 0.15) is 6.42 Å². The molecule has 1 saturated heterocycles. The summed E-state index contributed by atoms with van der Waals surface area (Å²) in [6.45, 7) is 0.713. The third kappa shape index (κ3) is 2.64. The first kappa shape index (κ1) is 13.0. The van der Waals surface area contributed by atoms with E-state index in [2.05, 4.69) is 15.6 Å². The molecule has 0 unspecified atom stereocenters. The summed E-state index contributed by atoms with van der Waals surface area (Å²) in [5.74, 6) is -0.0402. The van der Waals surface area contributed by atoms with Gasteiger partial charge in [-0.1, -0.05) is 18.2 Å². The average Bonchev–Trinajstić information content (AvgIpc) is 2.96. The summed E-state index contributed by atoms with van der Waals surface area (Å²) in [6.07, 6.45) is 2.49. The van der Waals surface area contributed by atoms with Crippen molar-refractivity contribution in [3.05, 3.63) is 36.5 Å². The maximum absolute atomic E-state index is 12.2. The van der Waals surface area contributed by atoms with Gasteiger partial charge >= 0.3 is 0 Å². The van der Waals surface area contributed by atoms with E-state index in [1.807, 2.05) is 30.3 Å². The summed E-state index contributed by atoms with van der Waals surface area (Å²) in [5.41, 5.74) is 1.64. The minimum atomic E-state index is -0.202. The molecule has 2 aromatic rings. The van der Waals surface area contributed by atoms with Gasteiger partial charge in [0.2, 0.25) is 5.91 Å². The maximum atomic E-state index is 12.2. The van der Waals surface area contributed by atoms with Gasteiger partial charge < -0.3 is 15.4 Å². The second-order valence-corrected chi connectivity index (χ2v) is 4.96. The molecule has 0 spiro atoms. The highest BCUT2D eigenvalue weighted by Crippen LogP contribution is 2.17. The summed E-state index contributed by atoms with van der Waals surface area (Å²) in [6, 6.07) is 9.56. The Morgan fingerprint density at radius 3 is 3.10 bits per heavy atom. The standard InChI is InChI=1S/C15H17N3O2/c1-20-12-7-14(17-9-12)15(19)18-11-6-10-4-2-3-5-13(10)16-8-11/h2-6,8,12,14,17H,7,9H2,1H3,(H,18,19)/t12-,14-/m0/s1. The number of fused-ring (bicyclic) bond motifs is 1. The lowest BCUT2D eigenvalue weighted by molar-refractivity contribution is -0.118. The van der Waals surface area contributed by atoms with E-state index in [4.69, 9.17) is 4.74 Å². The lowest BCUT2D eigenvalue weighted by Gasteiger charge is -2.11. The van der Waals surface area contributed by atoms with Crippen LogP contribution in [0.5, 0.6) is 0 Å². The summed E-state index contributed by atoms with van der Waals surface area (Å²) in [4.78, 5) is 16.5. The van der Waals surface area contributed by atoms with E-state index in [0.717, 1.165) is 16.6 Å². The fourth-order valence-corrected chi connectivity index (χ4v) is 2.45. The highest BCUT2D eigenvalue weighted by Gasteiger charge is 2.29. The number of carbonyl (C=O) groups excluding carboxylic acids is 1. The van der Waals surface area contributed by atoms with Gasteiger partial charge in [-0.25, -0.2) is 0 Å². The van der Waals surface area contributed by atoms with Crippen molar-refractivity contribution in [1.29, 1.82) is 0 Å². The minimum Gasteiger partial charge on any atom is -0.380 e. The van der Waals surface area contributed by atoms with Crippen LogP contribution >= 0.6 is 0 Å². The second-order valence-electron chi connectivity index (χ2n) is 4.96. The molecule has 1 aromatic heterocycles. The number of nitrogens with one attached hydrogen (secondary N) is 2. The fraction of sp³-hybridized carbons (Fsp3) is 0.333. The zero-order valence-electron chi connectivity index (χ0n) is 11.3. The van der Waals surface area contributed by atoms with Gasteiger partial charge in [0.25, 0.3) is 0 Å². The fourth-order valence-electron chi connectivity index (χ4n) is 2.45. The minimum absolute atomic E-state index is 0.0402. The van der Waals surface area contributed by atoms with Crippen LogP contribution in [0.3, 0.4) is 0 Å². The number of nitrogens with zero attached hydrogens (tertiary/aromatic N) is 1. The first-order valence-corrected chi connectivity index (χ1v) is 6.68. The number of ether oxygens (including phenoxy) is 1. The number of pyridine rings is 1. The molecule has 5 heteroatoms. The molecule has 2 N–H and O–H groups in total. The summed E-state index contributed by atoms with van der Waals surface area (Å²) in [7, 11) is 1.67. The Labute approximate surface area is 117 Å². The molecule has 104 valence electrons. The van der Waals surface area contributed by atoms with E-state index >= 15 is 0 Å². The van der Waals surface area contributed by atoms with Crippen molar-refractivity contribution in [2.75, 3.05) is 19.0 Å². The zero-order valence-corrected chi connectivity index (χ0v) is 11.3. The van der Waals surface area contributed by atoms with E-state index in [1.54, 1.807) is 13.3 Å². The Hall–Kier alpha value is -1.98. The molecule has 0 radical (unpaired) electrons. The lowest BCUT2D eigenvalue weighted by atomic mass is 10.2. The maximum Gasteiger partial charge on any atom is 0.241 e. The molecular formula is C15H17N3O2. The molecule has 1 fully saturated rings. The highest BCUT2D eigenvalue weighted by molar-refractivity contribution is 5.96. The van der Waals surface area contributed by atoms with Gasteiger partial charge in [0.1, 0.15) is 0 Å². The quantitative estimate of drug-likeness (QED) is 0.889. The number of anilines is 1. The van der Waals surface area contributed by atoms with Crippen LogP contribution in [0.4, 0.5) is 5.69 Å². The van der Waals surface area contributed by atoms with Gasteiger partial charge in [-0.2, -0.15) is 0 Å². The van der Waals surface area contributed by atoms with Crippen molar-refractivity contribution in [3.63, 3.8) is 0 Å². The molecule has 1 aliphatic rings. The molecule has 2 atom stereocenters. The average molecular weight is 271 g/mol. The van der Waals surface area contributed by atoms with Gasteiger partial charge in [0.15, 0.2) is 0 Å². The highest BCUT2D eigenvalue weighted by atomic mass is 16.5. The second kappa shape index (κ2) is 5.56. The predicted molar refractivity (Wildman–Crippen MR) is 77.6 cm³/mol. The Morgan fingerprint density at radius 1 is 1.45 bits per heavy atom. The van der Waals surface area contributed by atoms with E-state index < -0.39 is 0 Å². The molecule has 1 amide bonds. The molecular weight excluding hydrogens is 254 g/mol. The van der Waals surface area contributed by atoms with Crippen molar-refractivity contribution in [2.24, 2.45) is 0 Å². The van der Waals surface area contributed by atoms with Gasteiger partial charge in [-0.3, -0.25) is 9.78 Å². The van der Waals surface area contributed by atoms with Crippen LogP contribution in [0.25, 0.3) is 10.9 Å². The van der Waals surface area contributed by atoms with Crippen LogP contribution in [0.15, 0.2) is 36.5 Å². The van der Waals surface area contributed by atoms with Crippen molar-refractivity contribution in [2.45, 2.75) is 18.6 Å². The first-order valence-electron chi connectivity index (χ1n) is 6.68. The number of hydrogen-bond acceptors (Lipinski definition) is 4. The number of hydrogen-bond donors (Lipinski definition) is 2. The number of aromatic nitrogens is 1. The van der Waals surface area contributed by atoms with E-state index in [-0.39, 0.29) is 18.1 Å². The monoisotopic (exact) mass is 271 g/mol. The molecule has 0 saturated carbocycles. The van der Waals surface area contributed by atoms with Crippen molar-refractivity contribution >= 4 is 22.5 Å². The van der Waals surface area contributed by atoms with Crippen molar-refractivity contribution in [3.8, 4) is 0 Å². The number of benzene rings is 1. The third-order valence-corrected chi connectivity index (χ3v) is 3.60. The normalized spacial score (nSPS) is 22.1. The van der Waals surface area contributed by atoms with Crippen molar-refractivity contribution < 1.29 is 9.53 Å². The Kier molecular flexibility index (Phi) is 3.62. The van der Waals surface area contributed by atoms with E-state index in [0.29, 0.717) is 13.0 Å². The molecule has 3 rings (SSSR count). The topological polar surface area (TPSA) is 63.2 Å². The van der Waals surface area contributed by atoms with Gasteiger partial charge in [-0.15, -0.1) is 0 Å². The largest absolute Gasteiger partial charge is 0.380 e. The number of rotatable bonds is 3. The molecule has 0 aliphatic carbocycles. The lowest BCUT2D eigenvalue weighted by Crippen LogP contribution is -2.35. The molecule has 2 heterocycles. The smallest absolute Gasteiger partial charge is 0.241 e. The number of carbonyl (C=O) groups is 1. The number of methoxy groups -OCH3 is 1. The Balaban J connectivity index is 1.71. The summed E-state index contributed by atoms with van der Waals surface area (Å²) < 4.78 is 5.24. The van der Waals surface area contributed by atoms with Crippen LogP contribution in [0.2, 0.25) is 0 Å². The zero-order chi connectivity index (χ0) is 13.9. The molecule has 5 nitrogen and oxygen atoms in total. The third-order valence-electron chi connectivity index (χ3n) is 3.60. The predicted octanol–water partition coefficient (Wildman–Crippen LogP) is 1.55. The molecule has 20 heavy (non-hydrogen) atoms. The summed E-state index contributed by atoms with van der Waals surface area (Å²) in [5, 5.41) is 7.07. The molecule has 0 bridgehead atoms. The first-order chi connectivity index (χ1) is 9.76. The van der Waals surface area contributed by atoms with Crippen LogP contribution < -0.4 is 10.6 Å². The van der Waals surface area contributed by atoms with E-state index in [1.165, 1.54) is 0 Å². The van der Waals surface area contributed by atoms with Crippen LogP contribution in [-0.2, 0) is 9.53 Å². The van der Waals surface area contributed by atoms with Crippen molar-refractivity contribution in [1.82, 2.24) is 10.3 Å². The number of amides is 1. The van der Waals surface area contributed by atoms with E-state index in [9.17, 15) is 4.79 Å². The van der Waals surface area contributed by atoms with Gasteiger partial charge in [-0.05, 0) is 18.6 Å². The van der Waals surface area contributed by atoms with Gasteiger partial charge in [0.05, 0.1) is 29.5 Å².